The molecule has 0 aromatic rings. The maximum atomic E-state index is 3.64. The second kappa shape index (κ2) is 2.91. The summed E-state index contributed by atoms with van der Waals surface area (Å²) in [5.74, 6) is 0. The topological polar surface area (TPSA) is 12.0 Å². The number of nitrogens with one attached hydrogen (secondary N) is 1. The van der Waals surface area contributed by atoms with Crippen LogP contribution in [0.15, 0.2) is 0 Å². The molecule has 0 saturated heterocycles. The fourth-order valence-electron chi connectivity index (χ4n) is 1.82. The molecule has 1 rings (SSSR count). The van der Waals surface area contributed by atoms with Crippen LogP contribution < -0.4 is 5.32 Å². The normalized spacial score (nSPS) is 22.8. The minimum Gasteiger partial charge on any atom is -0.309 e. The Labute approximate surface area is 64.2 Å². The van der Waals surface area contributed by atoms with E-state index in [9.17, 15) is 0 Å². The van der Waals surface area contributed by atoms with Crippen LogP contribution in [0.5, 0.6) is 0 Å². The summed E-state index contributed by atoms with van der Waals surface area (Å²) in [5, 5.41) is 3.64. The van der Waals surface area contributed by atoms with Crippen LogP contribution in [0.3, 0.4) is 0 Å². The van der Waals surface area contributed by atoms with E-state index in [4.69, 9.17) is 0 Å². The summed E-state index contributed by atoms with van der Waals surface area (Å²) in [6, 6.07) is 0.653. The Balaban J connectivity index is 2.33. The van der Waals surface area contributed by atoms with Crippen LogP contribution in [0.4, 0.5) is 0 Å². The average molecular weight is 141 g/mol. The molecule has 0 aliphatic heterocycles. The zero-order valence-electron chi connectivity index (χ0n) is 7.41. The van der Waals surface area contributed by atoms with Crippen LogP contribution in [-0.2, 0) is 0 Å². The van der Waals surface area contributed by atoms with Gasteiger partial charge in [0.05, 0.1) is 0 Å². The Morgan fingerprint density at radius 2 is 2.00 bits per heavy atom. The summed E-state index contributed by atoms with van der Waals surface area (Å²) < 4.78 is 0. The SMILES string of the molecule is CCC1(NC(C)C)CCC1. The van der Waals surface area contributed by atoms with Gasteiger partial charge < -0.3 is 5.32 Å². The first-order valence-electron chi connectivity index (χ1n) is 4.46. The molecule has 1 saturated carbocycles. The van der Waals surface area contributed by atoms with E-state index in [2.05, 4.69) is 26.1 Å². The Bertz CT molecular complexity index is 97.8. The van der Waals surface area contributed by atoms with Crippen LogP contribution in [0.1, 0.15) is 46.5 Å². The van der Waals surface area contributed by atoms with Gasteiger partial charge >= 0.3 is 0 Å². The third kappa shape index (κ3) is 1.51. The van der Waals surface area contributed by atoms with Crippen LogP contribution in [-0.4, -0.2) is 11.6 Å². The zero-order valence-corrected chi connectivity index (χ0v) is 7.41. The third-order valence-corrected chi connectivity index (χ3v) is 2.58. The summed E-state index contributed by atoms with van der Waals surface area (Å²) in [5.41, 5.74) is 0.536. The van der Waals surface area contributed by atoms with Gasteiger partial charge in [-0.3, -0.25) is 0 Å². The zero-order chi connectivity index (χ0) is 7.61. The number of rotatable bonds is 3. The number of hydrogen-bond donors (Lipinski definition) is 1. The van der Waals surface area contributed by atoms with Crippen molar-refractivity contribution in [2.75, 3.05) is 0 Å². The molecule has 0 aromatic carbocycles. The van der Waals surface area contributed by atoms with E-state index in [0.717, 1.165) is 0 Å². The second-order valence-corrected chi connectivity index (χ2v) is 3.79. The van der Waals surface area contributed by atoms with E-state index in [1.165, 1.54) is 25.7 Å². The fourth-order valence-corrected chi connectivity index (χ4v) is 1.82. The molecule has 0 spiro atoms. The first-order chi connectivity index (χ1) is 4.68. The van der Waals surface area contributed by atoms with Crippen LogP contribution in [0.2, 0.25) is 0 Å². The Hall–Kier alpha value is -0.0400. The molecule has 10 heavy (non-hydrogen) atoms. The molecule has 1 heteroatoms. The van der Waals surface area contributed by atoms with E-state index in [1.807, 2.05) is 0 Å². The van der Waals surface area contributed by atoms with Gasteiger partial charge in [0.2, 0.25) is 0 Å². The van der Waals surface area contributed by atoms with E-state index < -0.39 is 0 Å². The third-order valence-electron chi connectivity index (χ3n) is 2.58. The molecular weight excluding hydrogens is 122 g/mol. The highest BCUT2D eigenvalue weighted by atomic mass is 15.0. The van der Waals surface area contributed by atoms with Crippen molar-refractivity contribution in [3.63, 3.8) is 0 Å². The van der Waals surface area contributed by atoms with Gasteiger partial charge in [-0.1, -0.05) is 20.8 Å². The van der Waals surface area contributed by atoms with Crippen molar-refractivity contribution in [3.05, 3.63) is 0 Å². The van der Waals surface area contributed by atoms with Crippen molar-refractivity contribution in [2.45, 2.75) is 58.0 Å². The molecule has 1 fully saturated rings. The molecule has 1 aliphatic carbocycles. The molecule has 0 radical (unpaired) electrons. The van der Waals surface area contributed by atoms with Crippen LogP contribution >= 0.6 is 0 Å². The Morgan fingerprint density at radius 3 is 2.10 bits per heavy atom. The molecule has 0 amide bonds. The van der Waals surface area contributed by atoms with Crippen LogP contribution in [0, 0.1) is 0 Å². The molecule has 0 unspecified atom stereocenters. The largest absolute Gasteiger partial charge is 0.309 e. The molecular formula is C9H19N. The first-order valence-corrected chi connectivity index (χ1v) is 4.46. The summed E-state index contributed by atoms with van der Waals surface area (Å²) in [6.07, 6.45) is 5.50. The lowest BCUT2D eigenvalue weighted by Gasteiger charge is -2.43. The van der Waals surface area contributed by atoms with Crippen LogP contribution in [0.25, 0.3) is 0 Å². The smallest absolute Gasteiger partial charge is 0.0181 e. The van der Waals surface area contributed by atoms with Gasteiger partial charge in [0.1, 0.15) is 0 Å². The van der Waals surface area contributed by atoms with E-state index >= 15 is 0 Å². The van der Waals surface area contributed by atoms with Gasteiger partial charge in [-0.15, -0.1) is 0 Å². The van der Waals surface area contributed by atoms with E-state index in [0.29, 0.717) is 11.6 Å². The van der Waals surface area contributed by atoms with Gasteiger partial charge in [-0.2, -0.15) is 0 Å². The number of hydrogen-bond acceptors (Lipinski definition) is 1. The summed E-state index contributed by atoms with van der Waals surface area (Å²) >= 11 is 0. The van der Waals surface area contributed by atoms with Gasteiger partial charge in [0.25, 0.3) is 0 Å². The minimum atomic E-state index is 0.536. The van der Waals surface area contributed by atoms with Crippen molar-refractivity contribution in [1.82, 2.24) is 5.32 Å². The van der Waals surface area contributed by atoms with Gasteiger partial charge in [0.15, 0.2) is 0 Å². The molecule has 1 N–H and O–H groups in total. The summed E-state index contributed by atoms with van der Waals surface area (Å²) in [7, 11) is 0. The van der Waals surface area contributed by atoms with Gasteiger partial charge in [-0.25, -0.2) is 0 Å². The predicted octanol–water partition coefficient (Wildman–Crippen LogP) is 2.32. The molecule has 0 atom stereocenters. The molecule has 0 heterocycles. The highest BCUT2D eigenvalue weighted by molar-refractivity contribution is 4.95. The molecule has 1 aliphatic rings. The molecule has 60 valence electrons. The van der Waals surface area contributed by atoms with Crippen molar-refractivity contribution in [1.29, 1.82) is 0 Å². The highest BCUT2D eigenvalue weighted by Gasteiger charge is 2.34. The van der Waals surface area contributed by atoms with Crippen molar-refractivity contribution >= 4 is 0 Å². The highest BCUT2D eigenvalue weighted by Crippen LogP contribution is 2.34. The van der Waals surface area contributed by atoms with E-state index in [-0.39, 0.29) is 0 Å². The lowest BCUT2D eigenvalue weighted by atomic mass is 9.74. The van der Waals surface area contributed by atoms with Crippen molar-refractivity contribution < 1.29 is 0 Å². The average Bonchev–Trinajstić information content (AvgIpc) is 1.78. The molecule has 0 aromatic heterocycles. The Morgan fingerprint density at radius 1 is 1.40 bits per heavy atom. The first kappa shape index (κ1) is 8.06. The van der Waals surface area contributed by atoms with Crippen molar-refractivity contribution in [3.8, 4) is 0 Å². The Kier molecular flexibility index (Phi) is 2.35. The standard InChI is InChI=1S/C9H19N/c1-4-9(6-5-7-9)10-8(2)3/h8,10H,4-7H2,1-3H3. The molecule has 0 bridgehead atoms. The predicted molar refractivity (Wildman–Crippen MR) is 45.1 cm³/mol. The second-order valence-electron chi connectivity index (χ2n) is 3.79. The van der Waals surface area contributed by atoms with Gasteiger partial charge in [0, 0.05) is 11.6 Å². The maximum absolute atomic E-state index is 3.64. The quantitative estimate of drug-likeness (QED) is 0.636. The minimum absolute atomic E-state index is 0.536. The fraction of sp³-hybridized carbons (Fsp3) is 1.00. The summed E-state index contributed by atoms with van der Waals surface area (Å²) in [6.45, 7) is 6.75. The van der Waals surface area contributed by atoms with Crippen molar-refractivity contribution in [2.24, 2.45) is 0 Å². The maximum Gasteiger partial charge on any atom is 0.0181 e. The monoisotopic (exact) mass is 141 g/mol. The van der Waals surface area contributed by atoms with Gasteiger partial charge in [-0.05, 0) is 25.7 Å². The lowest BCUT2D eigenvalue weighted by Crippen LogP contribution is -2.53. The lowest BCUT2D eigenvalue weighted by molar-refractivity contribution is 0.164. The van der Waals surface area contributed by atoms with E-state index in [1.54, 1.807) is 0 Å². The molecule has 1 nitrogen and oxygen atoms in total. The summed E-state index contributed by atoms with van der Waals surface area (Å²) in [4.78, 5) is 0.